The molecule has 0 spiro atoms. The van der Waals surface area contributed by atoms with E-state index in [1.165, 1.54) is 0 Å². The van der Waals surface area contributed by atoms with E-state index in [0.717, 1.165) is 5.56 Å². The highest BCUT2D eigenvalue weighted by Crippen LogP contribution is 2.35. The summed E-state index contributed by atoms with van der Waals surface area (Å²) in [4.78, 5) is 0.372. The van der Waals surface area contributed by atoms with Crippen LogP contribution in [0.5, 0.6) is 0 Å². The first kappa shape index (κ1) is 15.5. The molecule has 0 amide bonds. The molecule has 0 aliphatic heterocycles. The minimum atomic E-state index is -3.34. The van der Waals surface area contributed by atoms with Crippen molar-refractivity contribution >= 4 is 9.84 Å². The lowest BCUT2D eigenvalue weighted by molar-refractivity contribution is 0.142. The summed E-state index contributed by atoms with van der Waals surface area (Å²) in [5.74, 6) is -0.192. The normalized spacial score (nSPS) is 27.8. The van der Waals surface area contributed by atoms with Gasteiger partial charge in [-0.25, -0.2) is 8.42 Å². The molecule has 1 aliphatic carbocycles. The maximum absolute atomic E-state index is 12.6. The van der Waals surface area contributed by atoms with Gasteiger partial charge in [-0.15, -0.1) is 0 Å². The summed E-state index contributed by atoms with van der Waals surface area (Å²) in [6, 6.07) is 7.19. The minimum absolute atomic E-state index is 0.0130. The average molecular weight is 296 g/mol. The molecule has 1 N–H and O–H groups in total. The third-order valence-corrected chi connectivity index (χ3v) is 6.78. The molecular formula is C16H24O3S. The lowest BCUT2D eigenvalue weighted by Crippen LogP contribution is -2.28. The van der Waals surface area contributed by atoms with E-state index in [-0.39, 0.29) is 11.3 Å². The molecule has 2 rings (SSSR count). The van der Waals surface area contributed by atoms with Crippen LogP contribution in [0.15, 0.2) is 29.2 Å². The summed E-state index contributed by atoms with van der Waals surface area (Å²) in [7, 11) is -3.34. The molecule has 3 nitrogen and oxygen atoms in total. The molecule has 3 unspecified atom stereocenters. The Balaban J connectivity index is 2.31. The van der Waals surface area contributed by atoms with Crippen molar-refractivity contribution in [1.29, 1.82) is 0 Å². The number of aliphatic hydroxyl groups is 1. The summed E-state index contributed by atoms with van der Waals surface area (Å²) in [5.41, 5.74) is 1.13. The molecule has 1 saturated carbocycles. The summed E-state index contributed by atoms with van der Waals surface area (Å²) in [5, 5.41) is 9.30. The Bertz CT molecular complexity index is 567. The third kappa shape index (κ3) is 2.77. The molecule has 0 saturated heterocycles. The Kier molecular flexibility index (Phi) is 4.00. The van der Waals surface area contributed by atoms with E-state index in [4.69, 9.17) is 0 Å². The van der Waals surface area contributed by atoms with Crippen molar-refractivity contribution in [3.05, 3.63) is 29.8 Å². The van der Waals surface area contributed by atoms with Crippen LogP contribution in [-0.4, -0.2) is 24.9 Å². The highest BCUT2D eigenvalue weighted by atomic mass is 32.2. The first-order valence-corrected chi connectivity index (χ1v) is 8.71. The van der Waals surface area contributed by atoms with Crippen LogP contribution in [0.25, 0.3) is 0 Å². The number of aliphatic hydroxyl groups excluding tert-OH is 1. The van der Waals surface area contributed by atoms with Crippen LogP contribution in [0.2, 0.25) is 0 Å². The number of hydrogen-bond donors (Lipinski definition) is 1. The second-order valence-electron chi connectivity index (χ2n) is 6.86. The van der Waals surface area contributed by atoms with Crippen molar-refractivity contribution in [2.24, 2.45) is 5.92 Å². The summed E-state index contributed by atoms with van der Waals surface area (Å²) in [6.45, 7) is 8.13. The topological polar surface area (TPSA) is 54.4 Å². The Morgan fingerprint density at radius 3 is 2.05 bits per heavy atom. The van der Waals surface area contributed by atoms with E-state index in [0.29, 0.717) is 17.7 Å². The number of rotatable bonds is 2. The number of benzene rings is 1. The Hall–Kier alpha value is -0.870. The fourth-order valence-corrected chi connectivity index (χ4v) is 4.92. The van der Waals surface area contributed by atoms with E-state index in [1.54, 1.807) is 12.1 Å². The molecule has 1 aromatic rings. The van der Waals surface area contributed by atoms with E-state index < -0.39 is 21.2 Å². The van der Waals surface area contributed by atoms with Crippen molar-refractivity contribution in [3.63, 3.8) is 0 Å². The van der Waals surface area contributed by atoms with E-state index >= 15 is 0 Å². The number of sulfone groups is 1. The van der Waals surface area contributed by atoms with Gasteiger partial charge in [-0.3, -0.25) is 0 Å². The minimum Gasteiger partial charge on any atom is -0.393 e. The zero-order valence-corrected chi connectivity index (χ0v) is 13.4. The second-order valence-corrected chi connectivity index (χ2v) is 9.03. The average Bonchev–Trinajstić information content (AvgIpc) is 2.69. The van der Waals surface area contributed by atoms with Crippen molar-refractivity contribution in [2.45, 2.75) is 62.2 Å². The summed E-state index contributed by atoms with van der Waals surface area (Å²) < 4.78 is 25.3. The SMILES string of the molecule is CC1C(O)CCC1S(=O)(=O)c1ccc(C(C)(C)C)cc1. The first-order valence-electron chi connectivity index (χ1n) is 7.16. The Morgan fingerprint density at radius 1 is 1.10 bits per heavy atom. The number of hydrogen-bond acceptors (Lipinski definition) is 3. The lowest BCUT2D eigenvalue weighted by atomic mass is 9.87. The van der Waals surface area contributed by atoms with E-state index in [1.807, 2.05) is 19.1 Å². The molecule has 1 fully saturated rings. The van der Waals surface area contributed by atoms with Crippen LogP contribution >= 0.6 is 0 Å². The molecule has 0 radical (unpaired) electrons. The molecule has 0 aromatic heterocycles. The zero-order valence-electron chi connectivity index (χ0n) is 12.6. The second kappa shape index (κ2) is 5.15. The Morgan fingerprint density at radius 2 is 1.65 bits per heavy atom. The van der Waals surface area contributed by atoms with Gasteiger partial charge in [0.15, 0.2) is 9.84 Å². The molecule has 1 aliphatic rings. The van der Waals surface area contributed by atoms with Crippen LogP contribution < -0.4 is 0 Å². The lowest BCUT2D eigenvalue weighted by Gasteiger charge is -2.21. The predicted octanol–water partition coefficient (Wildman–Crippen LogP) is 2.92. The van der Waals surface area contributed by atoms with Crippen LogP contribution in [0.4, 0.5) is 0 Å². The van der Waals surface area contributed by atoms with Crippen LogP contribution in [0, 0.1) is 5.92 Å². The highest BCUT2D eigenvalue weighted by Gasteiger charge is 2.40. The van der Waals surface area contributed by atoms with Crippen LogP contribution in [0.3, 0.4) is 0 Å². The van der Waals surface area contributed by atoms with Crippen molar-refractivity contribution < 1.29 is 13.5 Å². The van der Waals surface area contributed by atoms with Crippen molar-refractivity contribution in [3.8, 4) is 0 Å². The van der Waals surface area contributed by atoms with Crippen molar-refractivity contribution in [1.82, 2.24) is 0 Å². The Labute approximate surface area is 121 Å². The van der Waals surface area contributed by atoms with Crippen molar-refractivity contribution in [2.75, 3.05) is 0 Å². The predicted molar refractivity (Wildman–Crippen MR) is 80.5 cm³/mol. The molecule has 0 heterocycles. The molecule has 3 atom stereocenters. The maximum Gasteiger partial charge on any atom is 0.181 e. The monoisotopic (exact) mass is 296 g/mol. The fourth-order valence-electron chi connectivity index (χ4n) is 2.87. The molecule has 112 valence electrons. The van der Waals surface area contributed by atoms with Gasteiger partial charge in [-0.05, 0) is 41.9 Å². The first-order chi connectivity index (χ1) is 9.14. The molecule has 20 heavy (non-hydrogen) atoms. The van der Waals surface area contributed by atoms with Crippen LogP contribution in [-0.2, 0) is 15.3 Å². The van der Waals surface area contributed by atoms with Crippen LogP contribution in [0.1, 0.15) is 46.1 Å². The summed E-state index contributed by atoms with van der Waals surface area (Å²) in [6.07, 6.45) is 0.625. The zero-order chi connectivity index (χ0) is 15.1. The highest BCUT2D eigenvalue weighted by molar-refractivity contribution is 7.92. The van der Waals surface area contributed by atoms with Gasteiger partial charge in [-0.2, -0.15) is 0 Å². The standard InChI is InChI=1S/C16H24O3S/c1-11-14(17)9-10-15(11)20(18,19)13-7-5-12(6-8-13)16(2,3)4/h5-8,11,14-15,17H,9-10H2,1-4H3. The van der Waals surface area contributed by atoms with Gasteiger partial charge >= 0.3 is 0 Å². The fraction of sp³-hybridized carbons (Fsp3) is 0.625. The van der Waals surface area contributed by atoms with Gasteiger partial charge in [0.2, 0.25) is 0 Å². The van der Waals surface area contributed by atoms with Gasteiger partial charge in [0.05, 0.1) is 16.2 Å². The smallest absolute Gasteiger partial charge is 0.181 e. The summed E-state index contributed by atoms with van der Waals surface area (Å²) >= 11 is 0. The maximum atomic E-state index is 12.6. The van der Waals surface area contributed by atoms with Gasteiger partial charge in [0.1, 0.15) is 0 Å². The van der Waals surface area contributed by atoms with E-state index in [9.17, 15) is 13.5 Å². The molecular weight excluding hydrogens is 272 g/mol. The van der Waals surface area contributed by atoms with Gasteiger partial charge in [0, 0.05) is 0 Å². The third-order valence-electron chi connectivity index (χ3n) is 4.39. The molecule has 0 bridgehead atoms. The molecule has 4 heteroatoms. The quantitative estimate of drug-likeness (QED) is 0.913. The van der Waals surface area contributed by atoms with Gasteiger partial charge in [0.25, 0.3) is 0 Å². The van der Waals surface area contributed by atoms with Gasteiger partial charge < -0.3 is 5.11 Å². The van der Waals surface area contributed by atoms with E-state index in [2.05, 4.69) is 20.8 Å². The van der Waals surface area contributed by atoms with Gasteiger partial charge in [-0.1, -0.05) is 39.8 Å². The molecule has 1 aromatic carbocycles. The largest absolute Gasteiger partial charge is 0.393 e.